The van der Waals surface area contributed by atoms with Gasteiger partial charge in [-0.05, 0) is 57.0 Å². The molecular weight excluding hydrogens is 532 g/mol. The third kappa shape index (κ3) is 5.91. The minimum atomic E-state index is -3.77. The molecule has 0 saturated carbocycles. The number of hydrogen-bond acceptors (Lipinski definition) is 8. The molecular formula is C27H38N8O4S. The first-order chi connectivity index (χ1) is 19.4. The van der Waals surface area contributed by atoms with E-state index in [1.54, 1.807) is 22.8 Å². The van der Waals surface area contributed by atoms with Gasteiger partial charge in [0.15, 0.2) is 11.3 Å². The summed E-state index contributed by atoms with van der Waals surface area (Å²) in [5.74, 6) is 0.900. The SMILES string of the molecule is CCCCCn1c(=O)n2cnnc2c2[nH]c(-c3cc(S(=O)(=O)NCCN4CCCCC4)ccc3OCCC)nc21. The number of hydrogen-bond donors (Lipinski definition) is 2. The zero-order chi connectivity index (χ0) is 28.1. The fourth-order valence-corrected chi connectivity index (χ4v) is 6.18. The number of imidazole rings is 1. The quantitative estimate of drug-likeness (QED) is 0.234. The van der Waals surface area contributed by atoms with Crippen molar-refractivity contribution in [3.63, 3.8) is 0 Å². The van der Waals surface area contributed by atoms with Gasteiger partial charge in [-0.2, -0.15) is 0 Å². The van der Waals surface area contributed by atoms with Crippen LogP contribution >= 0.6 is 0 Å². The Balaban J connectivity index is 1.52. The summed E-state index contributed by atoms with van der Waals surface area (Å²) in [6.07, 6.45) is 8.54. The fraction of sp³-hybridized carbons (Fsp3) is 0.556. The fourth-order valence-electron chi connectivity index (χ4n) is 5.13. The molecule has 12 nitrogen and oxygen atoms in total. The Kier molecular flexibility index (Phi) is 8.81. The van der Waals surface area contributed by atoms with Gasteiger partial charge in [-0.15, -0.1) is 10.2 Å². The monoisotopic (exact) mass is 570 g/mol. The Morgan fingerprint density at radius 2 is 1.88 bits per heavy atom. The number of likely N-dealkylation sites (tertiary alicyclic amines) is 1. The molecule has 1 aliphatic rings. The normalized spacial score (nSPS) is 14.8. The second kappa shape index (κ2) is 12.5. The molecule has 0 aliphatic carbocycles. The molecule has 0 bridgehead atoms. The van der Waals surface area contributed by atoms with Crippen molar-refractivity contribution in [2.24, 2.45) is 0 Å². The van der Waals surface area contributed by atoms with Gasteiger partial charge in [0.05, 0.1) is 17.1 Å². The summed E-state index contributed by atoms with van der Waals surface area (Å²) in [6, 6.07) is 4.79. The number of sulfonamides is 1. The van der Waals surface area contributed by atoms with Crippen molar-refractivity contribution in [1.82, 2.24) is 38.8 Å². The van der Waals surface area contributed by atoms with Crippen LogP contribution in [0.3, 0.4) is 0 Å². The molecule has 0 amide bonds. The van der Waals surface area contributed by atoms with Crippen LogP contribution in [0.25, 0.3) is 28.2 Å². The first-order valence-corrected chi connectivity index (χ1v) is 15.7. The first-order valence-electron chi connectivity index (χ1n) is 14.2. The van der Waals surface area contributed by atoms with Crippen molar-refractivity contribution in [3.8, 4) is 17.1 Å². The van der Waals surface area contributed by atoms with E-state index in [4.69, 9.17) is 9.72 Å². The number of rotatable bonds is 13. The highest BCUT2D eigenvalue weighted by atomic mass is 32.2. The molecule has 1 fully saturated rings. The third-order valence-electron chi connectivity index (χ3n) is 7.28. The van der Waals surface area contributed by atoms with Crippen LogP contribution in [0.15, 0.2) is 34.2 Å². The molecule has 40 heavy (non-hydrogen) atoms. The molecule has 0 radical (unpaired) electrons. The highest BCUT2D eigenvalue weighted by Crippen LogP contribution is 2.32. The van der Waals surface area contributed by atoms with E-state index in [1.807, 2.05) is 6.92 Å². The Morgan fingerprint density at radius 1 is 1.05 bits per heavy atom. The number of H-pyrrole nitrogens is 1. The lowest BCUT2D eigenvalue weighted by atomic mass is 10.1. The number of aromatic nitrogens is 6. The minimum Gasteiger partial charge on any atom is -0.493 e. The highest BCUT2D eigenvalue weighted by Gasteiger charge is 2.22. The smallest absolute Gasteiger partial charge is 0.336 e. The predicted octanol–water partition coefficient (Wildman–Crippen LogP) is 3.18. The van der Waals surface area contributed by atoms with Crippen molar-refractivity contribution in [2.75, 3.05) is 32.8 Å². The highest BCUT2D eigenvalue weighted by molar-refractivity contribution is 7.89. The molecule has 0 atom stereocenters. The van der Waals surface area contributed by atoms with E-state index in [1.165, 1.54) is 17.1 Å². The first kappa shape index (κ1) is 28.2. The topological polar surface area (TPSA) is 140 Å². The van der Waals surface area contributed by atoms with Crippen LogP contribution in [0.5, 0.6) is 5.75 Å². The molecule has 13 heteroatoms. The average molecular weight is 571 g/mol. The summed E-state index contributed by atoms with van der Waals surface area (Å²) < 4.78 is 38.3. The van der Waals surface area contributed by atoms with Crippen LogP contribution in [-0.4, -0.2) is 75.2 Å². The van der Waals surface area contributed by atoms with Crippen LogP contribution in [-0.2, 0) is 16.6 Å². The number of benzene rings is 1. The number of aromatic amines is 1. The summed E-state index contributed by atoms with van der Waals surface area (Å²) in [5.41, 5.74) is 1.60. The van der Waals surface area contributed by atoms with Gasteiger partial charge >= 0.3 is 5.69 Å². The molecule has 1 aromatic carbocycles. The molecule has 216 valence electrons. The maximum atomic E-state index is 13.3. The zero-order valence-electron chi connectivity index (χ0n) is 23.2. The van der Waals surface area contributed by atoms with Gasteiger partial charge in [-0.1, -0.05) is 33.1 Å². The van der Waals surface area contributed by atoms with Crippen LogP contribution in [0.4, 0.5) is 0 Å². The summed E-state index contributed by atoms with van der Waals surface area (Å²) in [4.78, 5) is 23.7. The molecule has 0 spiro atoms. The van der Waals surface area contributed by atoms with Gasteiger partial charge in [-0.3, -0.25) is 4.57 Å². The van der Waals surface area contributed by atoms with E-state index in [2.05, 4.69) is 31.7 Å². The lowest BCUT2D eigenvalue weighted by molar-refractivity contribution is 0.233. The molecule has 3 aromatic heterocycles. The van der Waals surface area contributed by atoms with Crippen molar-refractivity contribution >= 4 is 26.8 Å². The number of nitrogens with one attached hydrogen (secondary N) is 2. The molecule has 4 aromatic rings. The number of unbranched alkanes of at least 4 members (excludes halogenated alkanes) is 2. The van der Waals surface area contributed by atoms with E-state index in [-0.39, 0.29) is 10.6 Å². The summed E-state index contributed by atoms with van der Waals surface area (Å²) in [5, 5.41) is 8.08. The number of nitrogens with zero attached hydrogens (tertiary/aromatic N) is 6. The second-order valence-corrected chi connectivity index (χ2v) is 12.0. The Morgan fingerprint density at radius 3 is 2.65 bits per heavy atom. The summed E-state index contributed by atoms with van der Waals surface area (Å²) in [6.45, 7) is 8.09. The van der Waals surface area contributed by atoms with Crippen LogP contribution < -0.4 is 15.1 Å². The van der Waals surface area contributed by atoms with Crippen LogP contribution in [0.2, 0.25) is 0 Å². The van der Waals surface area contributed by atoms with Gasteiger partial charge in [0.1, 0.15) is 23.4 Å². The Hall–Kier alpha value is -3.29. The molecule has 5 rings (SSSR count). The third-order valence-corrected chi connectivity index (χ3v) is 8.74. The predicted molar refractivity (Wildman–Crippen MR) is 153 cm³/mol. The minimum absolute atomic E-state index is 0.124. The van der Waals surface area contributed by atoms with E-state index in [0.29, 0.717) is 60.2 Å². The Bertz CT molecular complexity index is 1620. The van der Waals surface area contributed by atoms with E-state index >= 15 is 0 Å². The van der Waals surface area contributed by atoms with E-state index in [0.717, 1.165) is 51.6 Å². The van der Waals surface area contributed by atoms with Gasteiger partial charge in [-0.25, -0.2) is 27.3 Å². The maximum Gasteiger partial charge on any atom is 0.336 e. The maximum absolute atomic E-state index is 13.3. The van der Waals surface area contributed by atoms with Gasteiger partial charge in [0.25, 0.3) is 0 Å². The Labute approximate surface area is 233 Å². The van der Waals surface area contributed by atoms with Crippen molar-refractivity contribution in [3.05, 3.63) is 35.0 Å². The molecule has 1 aliphatic heterocycles. The molecule has 4 heterocycles. The summed E-state index contributed by atoms with van der Waals surface area (Å²) >= 11 is 0. The summed E-state index contributed by atoms with van der Waals surface area (Å²) in [7, 11) is -3.77. The van der Waals surface area contributed by atoms with E-state index in [9.17, 15) is 13.2 Å². The number of fused-ring (bicyclic) bond motifs is 3. The van der Waals surface area contributed by atoms with Crippen molar-refractivity contribution in [2.45, 2.75) is 70.2 Å². The second-order valence-electron chi connectivity index (χ2n) is 10.3. The number of ether oxygens (including phenoxy) is 1. The molecule has 1 saturated heterocycles. The van der Waals surface area contributed by atoms with Gasteiger partial charge in [0, 0.05) is 19.6 Å². The van der Waals surface area contributed by atoms with E-state index < -0.39 is 10.0 Å². The van der Waals surface area contributed by atoms with Crippen molar-refractivity contribution < 1.29 is 13.2 Å². The lowest BCUT2D eigenvalue weighted by Gasteiger charge is -2.26. The van der Waals surface area contributed by atoms with Crippen LogP contribution in [0, 0.1) is 0 Å². The van der Waals surface area contributed by atoms with Gasteiger partial charge in [0.2, 0.25) is 10.0 Å². The standard InChI is InChI=1S/C27H38N8O4S/c1-3-5-7-15-34-25-23(26-32-28-19-35(26)27(34)36)30-24(31-25)21-18-20(10-11-22(21)39-17-4-2)40(37,38)29-12-16-33-13-8-6-9-14-33/h10-11,18-19,29H,3-9,12-17H2,1-2H3,(H,30,31). The largest absolute Gasteiger partial charge is 0.493 e. The molecule has 0 unspecified atom stereocenters. The zero-order valence-corrected chi connectivity index (χ0v) is 24.0. The molecule has 2 N–H and O–H groups in total. The van der Waals surface area contributed by atoms with Gasteiger partial charge < -0.3 is 14.6 Å². The number of aryl methyl sites for hydroxylation is 1. The lowest BCUT2D eigenvalue weighted by Crippen LogP contribution is -2.37. The number of piperidine rings is 1. The average Bonchev–Trinajstić information content (AvgIpc) is 3.62. The van der Waals surface area contributed by atoms with Crippen LogP contribution in [0.1, 0.15) is 58.8 Å². The van der Waals surface area contributed by atoms with Crippen molar-refractivity contribution in [1.29, 1.82) is 0 Å².